The van der Waals surface area contributed by atoms with Crippen molar-refractivity contribution in [2.45, 2.75) is 30.4 Å². The molecular weight excluding hydrogens is 218 g/mol. The first-order chi connectivity index (χ1) is 7.65. The third-order valence-corrected chi connectivity index (χ3v) is 4.00. The van der Waals surface area contributed by atoms with Crippen LogP contribution in [-0.2, 0) is 6.54 Å². The number of hydrogen-bond acceptors (Lipinski definition) is 3. The van der Waals surface area contributed by atoms with Crippen LogP contribution in [0.15, 0.2) is 29.2 Å². The minimum Gasteiger partial charge on any atom is -0.387 e. The van der Waals surface area contributed by atoms with Gasteiger partial charge in [0.15, 0.2) is 0 Å². The van der Waals surface area contributed by atoms with Crippen molar-refractivity contribution in [2.24, 2.45) is 0 Å². The highest BCUT2D eigenvalue weighted by Gasteiger charge is 2.38. The summed E-state index contributed by atoms with van der Waals surface area (Å²) in [7, 11) is 0. The second-order valence-electron chi connectivity index (χ2n) is 4.57. The Morgan fingerprint density at radius 3 is 2.44 bits per heavy atom. The van der Waals surface area contributed by atoms with Gasteiger partial charge in [-0.1, -0.05) is 19.1 Å². The Kier molecular flexibility index (Phi) is 3.57. The van der Waals surface area contributed by atoms with E-state index in [0.29, 0.717) is 0 Å². The summed E-state index contributed by atoms with van der Waals surface area (Å²) >= 11 is 1.77. The maximum absolute atomic E-state index is 9.90. The molecule has 0 unspecified atom stereocenters. The van der Waals surface area contributed by atoms with E-state index in [2.05, 4.69) is 35.4 Å². The summed E-state index contributed by atoms with van der Waals surface area (Å²) in [6, 6.07) is 8.67. The van der Waals surface area contributed by atoms with Crippen LogP contribution >= 0.6 is 11.8 Å². The van der Waals surface area contributed by atoms with E-state index in [0.717, 1.165) is 26.1 Å². The zero-order valence-electron chi connectivity index (χ0n) is 9.94. The zero-order chi connectivity index (χ0) is 11.6. The smallest absolute Gasteiger partial charge is 0.0897 e. The molecular formula is C13H19NOS. The van der Waals surface area contributed by atoms with Crippen molar-refractivity contribution in [1.82, 2.24) is 4.90 Å². The molecule has 0 spiro atoms. The Bertz CT molecular complexity index is 343. The van der Waals surface area contributed by atoms with Crippen LogP contribution < -0.4 is 0 Å². The number of nitrogens with zero attached hydrogens (tertiary/aromatic N) is 1. The fraction of sp³-hybridized carbons (Fsp3) is 0.538. The molecule has 16 heavy (non-hydrogen) atoms. The van der Waals surface area contributed by atoms with Crippen LogP contribution in [-0.4, -0.2) is 35.0 Å². The fourth-order valence-corrected chi connectivity index (χ4v) is 2.52. The summed E-state index contributed by atoms with van der Waals surface area (Å²) in [5.41, 5.74) is 0.912. The van der Waals surface area contributed by atoms with E-state index in [1.54, 1.807) is 11.8 Å². The topological polar surface area (TPSA) is 23.5 Å². The Labute approximate surface area is 102 Å². The number of aliphatic hydroxyl groups is 1. The normalized spacial score (nSPS) is 19.4. The highest BCUT2D eigenvalue weighted by atomic mass is 32.2. The van der Waals surface area contributed by atoms with Gasteiger partial charge in [0, 0.05) is 24.5 Å². The highest BCUT2D eigenvalue weighted by molar-refractivity contribution is 7.98. The Balaban J connectivity index is 1.87. The first kappa shape index (κ1) is 12.0. The van der Waals surface area contributed by atoms with Crippen LogP contribution in [0.4, 0.5) is 0 Å². The number of likely N-dealkylation sites (tertiary alicyclic amines) is 1. The lowest BCUT2D eigenvalue weighted by Crippen LogP contribution is -2.60. The van der Waals surface area contributed by atoms with Gasteiger partial charge < -0.3 is 5.11 Å². The number of benzene rings is 1. The summed E-state index contributed by atoms with van der Waals surface area (Å²) in [6.45, 7) is 4.63. The first-order valence-electron chi connectivity index (χ1n) is 5.73. The van der Waals surface area contributed by atoms with E-state index in [9.17, 15) is 5.11 Å². The summed E-state index contributed by atoms with van der Waals surface area (Å²) in [6.07, 6.45) is 2.95. The maximum atomic E-state index is 9.90. The number of rotatable bonds is 4. The standard InChI is InChI=1S/C13H19NOS/c1-3-13(15)9-14(10-13)8-11-4-6-12(16-2)7-5-11/h4-7,15H,3,8-10H2,1-2H3. The summed E-state index contributed by atoms with van der Waals surface area (Å²) in [5.74, 6) is 0. The van der Waals surface area contributed by atoms with E-state index >= 15 is 0 Å². The van der Waals surface area contributed by atoms with Crippen molar-refractivity contribution in [3.05, 3.63) is 29.8 Å². The molecule has 1 aliphatic heterocycles. The second kappa shape index (κ2) is 4.78. The fourth-order valence-electron chi connectivity index (χ4n) is 2.11. The minimum absolute atomic E-state index is 0.417. The molecule has 1 aliphatic rings. The molecule has 1 N–H and O–H groups in total. The third-order valence-electron chi connectivity index (χ3n) is 3.26. The molecule has 1 aromatic rings. The highest BCUT2D eigenvalue weighted by Crippen LogP contribution is 2.26. The average Bonchev–Trinajstić information content (AvgIpc) is 2.28. The zero-order valence-corrected chi connectivity index (χ0v) is 10.8. The molecule has 1 heterocycles. The molecule has 0 radical (unpaired) electrons. The Morgan fingerprint density at radius 1 is 1.31 bits per heavy atom. The van der Waals surface area contributed by atoms with E-state index < -0.39 is 5.60 Å². The molecule has 0 saturated carbocycles. The molecule has 0 aromatic heterocycles. The third kappa shape index (κ3) is 2.59. The van der Waals surface area contributed by atoms with Crippen molar-refractivity contribution >= 4 is 11.8 Å². The largest absolute Gasteiger partial charge is 0.387 e. The molecule has 1 aromatic carbocycles. The van der Waals surface area contributed by atoms with Crippen molar-refractivity contribution in [3.63, 3.8) is 0 Å². The van der Waals surface area contributed by atoms with Gasteiger partial charge in [-0.05, 0) is 30.4 Å². The maximum Gasteiger partial charge on any atom is 0.0897 e. The Morgan fingerprint density at radius 2 is 1.94 bits per heavy atom. The molecule has 2 rings (SSSR count). The molecule has 3 heteroatoms. The van der Waals surface area contributed by atoms with Crippen molar-refractivity contribution in [2.75, 3.05) is 19.3 Å². The molecule has 0 bridgehead atoms. The van der Waals surface area contributed by atoms with Gasteiger partial charge in [0.05, 0.1) is 5.60 Å². The molecule has 2 nitrogen and oxygen atoms in total. The van der Waals surface area contributed by atoms with Gasteiger partial charge in [-0.15, -0.1) is 11.8 Å². The van der Waals surface area contributed by atoms with Gasteiger partial charge >= 0.3 is 0 Å². The second-order valence-corrected chi connectivity index (χ2v) is 5.45. The molecule has 1 saturated heterocycles. The lowest BCUT2D eigenvalue weighted by atomic mass is 9.91. The van der Waals surface area contributed by atoms with Gasteiger partial charge in [0.25, 0.3) is 0 Å². The predicted molar refractivity (Wildman–Crippen MR) is 68.7 cm³/mol. The minimum atomic E-state index is -0.417. The van der Waals surface area contributed by atoms with Gasteiger partial charge in [-0.2, -0.15) is 0 Å². The van der Waals surface area contributed by atoms with Crippen LogP contribution in [0.2, 0.25) is 0 Å². The molecule has 1 fully saturated rings. The van der Waals surface area contributed by atoms with E-state index in [-0.39, 0.29) is 0 Å². The van der Waals surface area contributed by atoms with Crippen LogP contribution in [0.25, 0.3) is 0 Å². The van der Waals surface area contributed by atoms with E-state index in [1.165, 1.54) is 10.5 Å². The van der Waals surface area contributed by atoms with Gasteiger partial charge in [-0.25, -0.2) is 0 Å². The van der Waals surface area contributed by atoms with Crippen LogP contribution in [0.5, 0.6) is 0 Å². The molecule has 0 atom stereocenters. The summed E-state index contributed by atoms with van der Waals surface area (Å²) in [5, 5.41) is 9.90. The number of thioether (sulfide) groups is 1. The lowest BCUT2D eigenvalue weighted by Gasteiger charge is -2.46. The predicted octanol–water partition coefficient (Wildman–Crippen LogP) is 2.37. The quantitative estimate of drug-likeness (QED) is 0.813. The van der Waals surface area contributed by atoms with Crippen LogP contribution in [0.1, 0.15) is 18.9 Å². The monoisotopic (exact) mass is 237 g/mol. The van der Waals surface area contributed by atoms with Crippen LogP contribution in [0.3, 0.4) is 0 Å². The number of β-amino-alcohol motifs (C(OH)–C–C–N with tert-alkyl or cyclic N) is 1. The molecule has 88 valence electrons. The van der Waals surface area contributed by atoms with E-state index in [1.807, 2.05) is 6.92 Å². The van der Waals surface area contributed by atoms with Crippen molar-refractivity contribution < 1.29 is 5.11 Å². The van der Waals surface area contributed by atoms with Crippen molar-refractivity contribution in [1.29, 1.82) is 0 Å². The van der Waals surface area contributed by atoms with Gasteiger partial charge in [-0.3, -0.25) is 4.90 Å². The van der Waals surface area contributed by atoms with E-state index in [4.69, 9.17) is 0 Å². The molecule has 0 aliphatic carbocycles. The SMILES string of the molecule is CCC1(O)CN(Cc2ccc(SC)cc2)C1. The first-order valence-corrected chi connectivity index (χ1v) is 6.95. The molecule has 0 amide bonds. The lowest BCUT2D eigenvalue weighted by molar-refractivity contribution is -0.103. The number of hydrogen-bond donors (Lipinski definition) is 1. The Hall–Kier alpha value is -0.510. The summed E-state index contributed by atoms with van der Waals surface area (Å²) in [4.78, 5) is 3.59. The summed E-state index contributed by atoms with van der Waals surface area (Å²) < 4.78 is 0. The average molecular weight is 237 g/mol. The van der Waals surface area contributed by atoms with Crippen LogP contribution in [0, 0.1) is 0 Å². The van der Waals surface area contributed by atoms with Crippen molar-refractivity contribution in [3.8, 4) is 0 Å². The van der Waals surface area contributed by atoms with Gasteiger partial charge in [0.2, 0.25) is 0 Å². The van der Waals surface area contributed by atoms with Gasteiger partial charge in [0.1, 0.15) is 0 Å².